The maximum atomic E-state index is 11.1. The molecule has 0 aromatic carbocycles. The second-order valence-electron chi connectivity index (χ2n) is 20.1. The van der Waals surface area contributed by atoms with Crippen molar-refractivity contribution in [3.05, 3.63) is 0 Å². The van der Waals surface area contributed by atoms with E-state index in [9.17, 15) is 7.16 Å². The molecule has 0 fully saturated rings. The second kappa shape index (κ2) is 55.6. The van der Waals surface area contributed by atoms with Crippen molar-refractivity contribution in [3.8, 4) is 0 Å². The summed E-state index contributed by atoms with van der Waals surface area (Å²) >= 11 is 2.28. The summed E-state index contributed by atoms with van der Waals surface area (Å²) in [7, 11) is -4.70. The third kappa shape index (κ3) is 57.2. The van der Waals surface area contributed by atoms with E-state index >= 15 is 0 Å². The van der Waals surface area contributed by atoms with E-state index in [4.69, 9.17) is 0 Å². The summed E-state index contributed by atoms with van der Waals surface area (Å²) in [5, 5.41) is 0. The van der Waals surface area contributed by atoms with Gasteiger partial charge in [0.15, 0.2) is 0 Å². The normalized spacial score (nSPS) is 12.3. The zero-order valence-corrected chi connectivity index (χ0v) is 51.8. The van der Waals surface area contributed by atoms with Gasteiger partial charge in [-0.25, -0.2) is 0 Å². The second-order valence-corrected chi connectivity index (χ2v) is 43.0. The number of hydrogen-bond donors (Lipinski definition) is 0. The molecule has 0 unspecified atom stereocenters. The Morgan fingerprint density at radius 1 is 0.222 bits per heavy atom. The van der Waals surface area contributed by atoms with E-state index in [1.807, 2.05) is 0 Å². The first-order valence-corrected chi connectivity index (χ1v) is 41.3. The molecule has 0 nitrogen and oxygen atoms in total. The van der Waals surface area contributed by atoms with Crippen molar-refractivity contribution < 1.29 is 14.2 Å². The van der Waals surface area contributed by atoms with Crippen molar-refractivity contribution in [2.75, 3.05) is 49.3 Å². The van der Waals surface area contributed by atoms with Gasteiger partial charge in [-0.2, -0.15) is 0 Å². The Labute approximate surface area is 427 Å². The minimum atomic E-state index is -3.44. The monoisotopic (exact) mass is 1210 g/mol. The average Bonchev–Trinajstić information content (AvgIpc) is 3.26. The van der Waals surface area contributed by atoms with Gasteiger partial charge in [0.25, 0.3) is 0 Å². The SMILES string of the molecule is CCCCCCCCCCCCCCCC[P+](CCCC)(CCCC)CCCC.CCCCCCCCCCCCCCCC[P+](CCCC)(CCCC)CCCC.[F][Co-2]([F])([I])[I]. The predicted molar refractivity (Wildman–Crippen MR) is 313 cm³/mol. The van der Waals surface area contributed by atoms with Crippen molar-refractivity contribution in [1.82, 2.24) is 0 Å². The van der Waals surface area contributed by atoms with Crippen LogP contribution in [0, 0.1) is 0 Å². The topological polar surface area (TPSA) is 0 Å². The Kier molecular flexibility index (Phi) is 61.7. The average molecular weight is 1210 g/mol. The van der Waals surface area contributed by atoms with Gasteiger partial charge in [0.2, 0.25) is 0 Å². The van der Waals surface area contributed by atoms with Gasteiger partial charge in [0.05, 0.1) is 49.3 Å². The molecule has 0 N–H and O–H groups in total. The molecule has 0 atom stereocenters. The van der Waals surface area contributed by atoms with E-state index in [2.05, 4.69) is 55.4 Å². The number of hydrogen-bond acceptors (Lipinski definition) is 0. The van der Waals surface area contributed by atoms with Crippen LogP contribution < -0.4 is 0 Å². The molecule has 63 heavy (non-hydrogen) atoms. The summed E-state index contributed by atoms with van der Waals surface area (Å²) < 4.78 is 22.2. The van der Waals surface area contributed by atoms with Crippen LogP contribution in [0.3, 0.4) is 0 Å². The van der Waals surface area contributed by atoms with E-state index in [1.54, 1.807) is 62.1 Å². The summed E-state index contributed by atoms with van der Waals surface area (Å²) in [6.07, 6.45) is 71.9. The van der Waals surface area contributed by atoms with Gasteiger partial charge in [-0.15, -0.1) is 0 Å². The summed E-state index contributed by atoms with van der Waals surface area (Å²) in [6, 6.07) is 0. The first-order valence-electron chi connectivity index (χ1n) is 28.7. The summed E-state index contributed by atoms with van der Waals surface area (Å²) in [4.78, 5) is 0. The Balaban J connectivity index is -0.00000103. The van der Waals surface area contributed by atoms with Gasteiger partial charge >= 0.3 is 55.1 Å². The predicted octanol–water partition coefficient (Wildman–Crippen LogP) is 24.4. The van der Waals surface area contributed by atoms with Crippen LogP contribution in [0.2, 0.25) is 0 Å². The quantitative estimate of drug-likeness (QED) is 0.0324. The molecule has 0 bridgehead atoms. The summed E-state index contributed by atoms with van der Waals surface area (Å²) in [5.41, 5.74) is 0. The molecule has 391 valence electrons. The molecule has 0 aliphatic heterocycles. The van der Waals surface area contributed by atoms with E-state index in [0.717, 1.165) is 40.8 Å². The van der Waals surface area contributed by atoms with Crippen LogP contribution in [0.1, 0.15) is 312 Å². The summed E-state index contributed by atoms with van der Waals surface area (Å²) in [5.74, 6) is 0. The van der Waals surface area contributed by atoms with Crippen LogP contribution in [0.25, 0.3) is 0 Å². The van der Waals surface area contributed by atoms with Crippen molar-refractivity contribution in [2.24, 2.45) is 0 Å². The Hall–Kier alpha value is 2.69. The van der Waals surface area contributed by atoms with Gasteiger partial charge in [0.1, 0.15) is 0 Å². The Morgan fingerprint density at radius 2 is 0.333 bits per heavy atom. The molecule has 0 radical (unpaired) electrons. The van der Waals surface area contributed by atoms with Gasteiger partial charge < -0.3 is 0 Å². The molecule has 0 amide bonds. The number of rotatable bonds is 48. The standard InChI is InChI=1S/2C28H60P.Co.2FH.2HI/c2*1-5-9-13-14-15-16-17-18-19-20-21-22-23-24-28-29(25-10-6-2,26-11-7-3)27-12-8-4;;;;;/h2*5-28H2,1-4H3;;4*1H/q2*+1;+2;;;;/p-4. The molecule has 0 saturated carbocycles. The van der Waals surface area contributed by atoms with Crippen LogP contribution in [0.15, 0.2) is 0 Å². The van der Waals surface area contributed by atoms with E-state index in [-0.39, 0.29) is 0 Å². The minimum absolute atomic E-state index is 0.630. The van der Waals surface area contributed by atoms with Crippen LogP contribution >= 0.6 is 55.4 Å². The first-order chi connectivity index (χ1) is 30.5. The van der Waals surface area contributed by atoms with E-state index in [1.165, 1.54) is 244 Å². The summed E-state index contributed by atoms with van der Waals surface area (Å²) in [6.45, 7) is 19.0. The fourth-order valence-electron chi connectivity index (χ4n) is 9.59. The van der Waals surface area contributed by atoms with Crippen LogP contribution in [0.4, 0.5) is 7.16 Å². The third-order valence-corrected chi connectivity index (χ3v) is 24.0. The Bertz CT molecular complexity index is 720. The number of unbranched alkanes of at least 4 members (excludes halogenated alkanes) is 32. The molecule has 0 aliphatic carbocycles. The van der Waals surface area contributed by atoms with Crippen molar-refractivity contribution >= 4 is 55.4 Å². The molecular formula is C56H120CoF2I2P2. The van der Waals surface area contributed by atoms with Crippen LogP contribution in [0.5, 0.6) is 0 Å². The molecule has 0 aromatic heterocycles. The molecule has 0 rings (SSSR count). The molecule has 0 heterocycles. The zero-order valence-electron chi connectivity index (χ0n) is 44.7. The van der Waals surface area contributed by atoms with Crippen molar-refractivity contribution in [3.63, 3.8) is 0 Å². The first kappa shape index (κ1) is 69.9. The molecule has 7 heteroatoms. The van der Waals surface area contributed by atoms with Gasteiger partial charge in [-0.1, -0.05) is 248 Å². The van der Waals surface area contributed by atoms with Crippen molar-refractivity contribution in [1.29, 1.82) is 0 Å². The van der Waals surface area contributed by atoms with Crippen LogP contribution in [-0.4, -0.2) is 49.3 Å². The molecule has 0 aromatic rings. The fourth-order valence-corrected chi connectivity index (χ4v) is 20.0. The van der Waals surface area contributed by atoms with Crippen LogP contribution in [-0.2, 0) is 7.08 Å². The fraction of sp³-hybridized carbons (Fsp3) is 1.00. The van der Waals surface area contributed by atoms with Gasteiger partial charge in [-0.05, 0) is 64.2 Å². The number of halogens is 4. The Morgan fingerprint density at radius 3 is 0.476 bits per heavy atom. The van der Waals surface area contributed by atoms with Gasteiger partial charge in [0, 0.05) is 14.5 Å². The van der Waals surface area contributed by atoms with Gasteiger partial charge in [-0.3, -0.25) is 0 Å². The molecule has 0 spiro atoms. The maximum absolute atomic E-state index is 11.1. The zero-order chi connectivity index (χ0) is 47.4. The van der Waals surface area contributed by atoms with Crippen molar-refractivity contribution in [2.45, 2.75) is 312 Å². The molecule has 0 saturated heterocycles. The van der Waals surface area contributed by atoms with E-state index < -0.39 is 21.6 Å². The third-order valence-electron chi connectivity index (χ3n) is 13.9. The molecule has 0 aliphatic rings. The van der Waals surface area contributed by atoms with E-state index in [0.29, 0.717) is 0 Å². The molecular weight excluding hydrogens is 1090 g/mol.